The Morgan fingerprint density at radius 1 is 1.50 bits per heavy atom. The molecule has 3 N–H and O–H groups in total. The summed E-state index contributed by atoms with van der Waals surface area (Å²) in [5.74, 6) is -0.458. The second-order valence-electron chi connectivity index (χ2n) is 3.68. The van der Waals surface area contributed by atoms with Gasteiger partial charge in [0.15, 0.2) is 0 Å². The fraction of sp³-hybridized carbons (Fsp3) is 0.364. The van der Waals surface area contributed by atoms with Crippen molar-refractivity contribution in [1.29, 1.82) is 0 Å². The summed E-state index contributed by atoms with van der Waals surface area (Å²) in [4.78, 5) is 10.5. The van der Waals surface area contributed by atoms with Crippen LogP contribution < -0.4 is 5.73 Å². The third kappa shape index (κ3) is 2.49. The Balaban J connectivity index is 3.02. The molecule has 0 bridgehead atoms. The van der Waals surface area contributed by atoms with E-state index in [-0.39, 0.29) is 6.42 Å². The quantitative estimate of drug-likeness (QED) is 0.722. The van der Waals surface area contributed by atoms with Gasteiger partial charge in [-0.15, -0.1) is 0 Å². The minimum absolute atomic E-state index is 0.00755. The highest BCUT2D eigenvalue weighted by molar-refractivity contribution is 5.73. The predicted molar refractivity (Wildman–Crippen MR) is 56.3 cm³/mol. The first kappa shape index (κ1) is 10.6. The van der Waals surface area contributed by atoms with E-state index >= 15 is 0 Å². The number of carboxylic acids is 1. The second kappa shape index (κ2) is 4.13. The molecule has 0 saturated carbocycles. The maximum absolute atomic E-state index is 10.5. The van der Waals surface area contributed by atoms with Gasteiger partial charge in [-0.1, -0.05) is 26.0 Å². The van der Waals surface area contributed by atoms with Crippen LogP contribution >= 0.6 is 0 Å². The van der Waals surface area contributed by atoms with Gasteiger partial charge < -0.3 is 10.8 Å². The second-order valence-corrected chi connectivity index (χ2v) is 3.68. The van der Waals surface area contributed by atoms with E-state index in [0.717, 1.165) is 5.56 Å². The van der Waals surface area contributed by atoms with Crippen LogP contribution in [0.15, 0.2) is 18.2 Å². The van der Waals surface area contributed by atoms with Crippen molar-refractivity contribution >= 4 is 11.7 Å². The van der Waals surface area contributed by atoms with Gasteiger partial charge in [-0.2, -0.15) is 0 Å². The average Bonchev–Trinajstić information content (AvgIpc) is 2.07. The van der Waals surface area contributed by atoms with E-state index in [1.807, 2.05) is 12.1 Å². The van der Waals surface area contributed by atoms with Crippen molar-refractivity contribution in [2.75, 3.05) is 5.73 Å². The largest absolute Gasteiger partial charge is 0.481 e. The van der Waals surface area contributed by atoms with Gasteiger partial charge in [-0.25, -0.2) is 0 Å². The molecule has 1 rings (SSSR count). The Labute approximate surface area is 83.6 Å². The number of aliphatic carboxylic acids is 1. The SMILES string of the molecule is CC(C)c1ccc(N)c(CC(=O)O)c1. The van der Waals surface area contributed by atoms with Gasteiger partial charge in [0.25, 0.3) is 0 Å². The molecule has 0 aliphatic heterocycles. The van der Waals surface area contributed by atoms with Crippen molar-refractivity contribution in [2.24, 2.45) is 0 Å². The van der Waals surface area contributed by atoms with Gasteiger partial charge >= 0.3 is 5.97 Å². The molecule has 76 valence electrons. The van der Waals surface area contributed by atoms with Crippen LogP contribution in [0.4, 0.5) is 5.69 Å². The van der Waals surface area contributed by atoms with Crippen molar-refractivity contribution in [1.82, 2.24) is 0 Å². The summed E-state index contributed by atoms with van der Waals surface area (Å²) in [5, 5.41) is 8.67. The van der Waals surface area contributed by atoms with E-state index in [9.17, 15) is 4.79 Å². The smallest absolute Gasteiger partial charge is 0.307 e. The Morgan fingerprint density at radius 3 is 2.64 bits per heavy atom. The van der Waals surface area contributed by atoms with Crippen molar-refractivity contribution in [2.45, 2.75) is 26.2 Å². The highest BCUT2D eigenvalue weighted by atomic mass is 16.4. The van der Waals surface area contributed by atoms with Crippen LogP contribution in [0.25, 0.3) is 0 Å². The summed E-state index contributed by atoms with van der Waals surface area (Å²) in [6.45, 7) is 4.13. The molecule has 0 atom stereocenters. The summed E-state index contributed by atoms with van der Waals surface area (Å²) in [6.07, 6.45) is -0.00755. The Kier molecular flexibility index (Phi) is 3.12. The molecule has 0 unspecified atom stereocenters. The third-order valence-corrected chi connectivity index (χ3v) is 2.18. The lowest BCUT2D eigenvalue weighted by Crippen LogP contribution is -2.04. The Morgan fingerprint density at radius 2 is 2.14 bits per heavy atom. The van der Waals surface area contributed by atoms with Crippen LogP contribution in [0, 0.1) is 0 Å². The van der Waals surface area contributed by atoms with Gasteiger partial charge in [-0.05, 0) is 23.1 Å². The van der Waals surface area contributed by atoms with E-state index in [2.05, 4.69) is 13.8 Å². The van der Waals surface area contributed by atoms with Crippen LogP contribution in [0.3, 0.4) is 0 Å². The molecule has 0 radical (unpaired) electrons. The Bertz CT molecular complexity index is 345. The standard InChI is InChI=1S/C11H15NO2/c1-7(2)8-3-4-10(12)9(5-8)6-11(13)14/h3-5,7H,6,12H2,1-2H3,(H,13,14). The predicted octanol–water partition coefficient (Wildman–Crippen LogP) is 2.02. The lowest BCUT2D eigenvalue weighted by molar-refractivity contribution is -0.136. The molecule has 0 spiro atoms. The summed E-state index contributed by atoms with van der Waals surface area (Å²) in [6, 6.07) is 5.58. The lowest BCUT2D eigenvalue weighted by atomic mass is 9.98. The number of benzene rings is 1. The van der Waals surface area contributed by atoms with Crippen molar-refractivity contribution in [3.8, 4) is 0 Å². The van der Waals surface area contributed by atoms with Crippen LogP contribution in [-0.4, -0.2) is 11.1 Å². The first-order chi connectivity index (χ1) is 6.50. The van der Waals surface area contributed by atoms with Crippen LogP contribution in [0.5, 0.6) is 0 Å². The number of rotatable bonds is 3. The van der Waals surface area contributed by atoms with Crippen molar-refractivity contribution in [3.05, 3.63) is 29.3 Å². The first-order valence-electron chi connectivity index (χ1n) is 4.60. The van der Waals surface area contributed by atoms with E-state index in [4.69, 9.17) is 10.8 Å². The van der Waals surface area contributed by atoms with Crippen LogP contribution in [0.1, 0.15) is 30.9 Å². The van der Waals surface area contributed by atoms with Gasteiger partial charge in [-0.3, -0.25) is 4.79 Å². The number of nitrogen functional groups attached to an aromatic ring is 1. The fourth-order valence-electron chi connectivity index (χ4n) is 1.30. The normalized spacial score (nSPS) is 10.5. The van der Waals surface area contributed by atoms with Crippen LogP contribution in [-0.2, 0) is 11.2 Å². The summed E-state index contributed by atoms with van der Waals surface area (Å²) in [5.41, 5.74) is 8.05. The van der Waals surface area contributed by atoms with Gasteiger partial charge in [0, 0.05) is 5.69 Å². The number of hydrogen-bond donors (Lipinski definition) is 2. The average molecular weight is 193 g/mol. The minimum Gasteiger partial charge on any atom is -0.481 e. The molecule has 0 fully saturated rings. The molecule has 3 nitrogen and oxygen atoms in total. The maximum Gasteiger partial charge on any atom is 0.307 e. The fourth-order valence-corrected chi connectivity index (χ4v) is 1.30. The molecule has 1 aromatic rings. The van der Waals surface area contributed by atoms with Crippen molar-refractivity contribution < 1.29 is 9.90 Å². The zero-order chi connectivity index (χ0) is 10.7. The zero-order valence-corrected chi connectivity index (χ0v) is 8.45. The molecule has 3 heteroatoms. The number of anilines is 1. The lowest BCUT2D eigenvalue weighted by Gasteiger charge is -2.09. The number of carboxylic acid groups (broad SMARTS) is 1. The molecule has 0 aromatic heterocycles. The highest BCUT2D eigenvalue weighted by Gasteiger charge is 2.07. The molecule has 1 aromatic carbocycles. The minimum atomic E-state index is -0.849. The van der Waals surface area contributed by atoms with Gasteiger partial charge in [0.05, 0.1) is 6.42 Å². The first-order valence-corrected chi connectivity index (χ1v) is 4.60. The molecular weight excluding hydrogens is 178 g/mol. The van der Waals surface area contributed by atoms with Crippen LogP contribution in [0.2, 0.25) is 0 Å². The van der Waals surface area contributed by atoms with E-state index < -0.39 is 5.97 Å². The van der Waals surface area contributed by atoms with Gasteiger partial charge in [0.1, 0.15) is 0 Å². The zero-order valence-electron chi connectivity index (χ0n) is 8.45. The number of nitrogens with two attached hydrogens (primary N) is 1. The summed E-state index contributed by atoms with van der Waals surface area (Å²) < 4.78 is 0. The molecule has 0 aliphatic rings. The number of hydrogen-bond acceptors (Lipinski definition) is 2. The van der Waals surface area contributed by atoms with Crippen molar-refractivity contribution in [3.63, 3.8) is 0 Å². The Hall–Kier alpha value is -1.51. The monoisotopic (exact) mass is 193 g/mol. The summed E-state index contributed by atoms with van der Waals surface area (Å²) in [7, 11) is 0. The van der Waals surface area contributed by atoms with E-state index in [1.165, 1.54) is 0 Å². The molecule has 0 amide bonds. The van der Waals surface area contributed by atoms with Gasteiger partial charge in [0.2, 0.25) is 0 Å². The number of carbonyl (C=O) groups is 1. The molecule has 0 saturated heterocycles. The highest BCUT2D eigenvalue weighted by Crippen LogP contribution is 2.20. The molecule has 14 heavy (non-hydrogen) atoms. The topological polar surface area (TPSA) is 63.3 Å². The van der Waals surface area contributed by atoms with E-state index in [0.29, 0.717) is 17.2 Å². The summed E-state index contributed by atoms with van der Waals surface area (Å²) >= 11 is 0. The third-order valence-electron chi connectivity index (χ3n) is 2.18. The molecule has 0 heterocycles. The molecule has 0 aliphatic carbocycles. The van der Waals surface area contributed by atoms with E-state index in [1.54, 1.807) is 6.07 Å². The maximum atomic E-state index is 10.5. The molecular formula is C11H15NO2.